The highest BCUT2D eigenvalue weighted by molar-refractivity contribution is 5.94. The highest BCUT2D eigenvalue weighted by Crippen LogP contribution is 2.40. The summed E-state index contributed by atoms with van der Waals surface area (Å²) in [7, 11) is 4.68. The van der Waals surface area contributed by atoms with Crippen molar-refractivity contribution in [2.75, 3.05) is 32.0 Å². The van der Waals surface area contributed by atoms with Crippen molar-refractivity contribution in [1.29, 1.82) is 0 Å². The summed E-state index contributed by atoms with van der Waals surface area (Å²) in [6.45, 7) is 1.54. The molecule has 3 aromatic rings. The molecule has 8 heteroatoms. The van der Waals surface area contributed by atoms with E-state index in [9.17, 15) is 4.79 Å². The maximum absolute atomic E-state index is 11.4. The number of nitrogens with zero attached hydrogens (tertiary/aromatic N) is 2. The Morgan fingerprint density at radius 1 is 0.793 bits per heavy atom. The quantitative estimate of drug-likeness (QED) is 0.549. The number of ether oxygens (including phenoxy) is 3. The number of aromatic nitrogens is 2. The van der Waals surface area contributed by atoms with Crippen molar-refractivity contribution in [3.8, 4) is 17.2 Å². The molecule has 150 valence electrons. The van der Waals surface area contributed by atoms with E-state index in [1.165, 1.54) is 13.3 Å². The van der Waals surface area contributed by atoms with E-state index in [4.69, 9.17) is 14.2 Å². The molecule has 0 radical (unpaired) electrons. The van der Waals surface area contributed by atoms with E-state index in [0.29, 0.717) is 34.4 Å². The second kappa shape index (κ2) is 8.92. The fourth-order valence-electron chi connectivity index (χ4n) is 2.73. The van der Waals surface area contributed by atoms with Gasteiger partial charge in [-0.2, -0.15) is 0 Å². The number of carbonyl (C=O) groups is 1. The van der Waals surface area contributed by atoms with Crippen molar-refractivity contribution in [3.05, 3.63) is 54.4 Å². The van der Waals surface area contributed by atoms with E-state index in [-0.39, 0.29) is 5.78 Å². The van der Waals surface area contributed by atoms with Crippen molar-refractivity contribution in [2.24, 2.45) is 0 Å². The minimum absolute atomic E-state index is 0.0235. The van der Waals surface area contributed by atoms with E-state index in [1.807, 2.05) is 12.1 Å². The van der Waals surface area contributed by atoms with Crippen molar-refractivity contribution >= 4 is 28.8 Å². The molecule has 0 amide bonds. The smallest absolute Gasteiger partial charge is 0.203 e. The number of Topliss-reactive ketones (excluding diaryl/α,β-unsaturated/α-hetero) is 1. The van der Waals surface area contributed by atoms with Crippen LogP contribution in [0.25, 0.3) is 0 Å². The molecular formula is C21H22N4O4. The van der Waals surface area contributed by atoms with Crippen LogP contribution in [0.1, 0.15) is 17.3 Å². The number of nitrogens with one attached hydrogen (secondary N) is 2. The molecule has 0 aliphatic carbocycles. The Kier molecular flexibility index (Phi) is 6.13. The van der Waals surface area contributed by atoms with Crippen LogP contribution in [0.4, 0.5) is 23.0 Å². The first-order valence-electron chi connectivity index (χ1n) is 8.81. The van der Waals surface area contributed by atoms with Gasteiger partial charge in [0.1, 0.15) is 18.0 Å². The molecule has 8 nitrogen and oxygen atoms in total. The van der Waals surface area contributed by atoms with Crippen LogP contribution < -0.4 is 24.8 Å². The maximum atomic E-state index is 11.4. The average molecular weight is 394 g/mol. The van der Waals surface area contributed by atoms with E-state index in [1.54, 1.807) is 51.7 Å². The third kappa shape index (κ3) is 4.73. The predicted octanol–water partition coefficient (Wildman–Crippen LogP) is 4.19. The maximum Gasteiger partial charge on any atom is 0.203 e. The largest absolute Gasteiger partial charge is 0.493 e. The summed E-state index contributed by atoms with van der Waals surface area (Å²) >= 11 is 0. The Hall–Kier alpha value is -3.81. The molecule has 2 N–H and O–H groups in total. The zero-order valence-electron chi connectivity index (χ0n) is 16.6. The highest BCUT2D eigenvalue weighted by atomic mass is 16.5. The van der Waals surface area contributed by atoms with Gasteiger partial charge in [-0.25, -0.2) is 9.97 Å². The van der Waals surface area contributed by atoms with Gasteiger partial charge in [0.2, 0.25) is 5.75 Å². The molecule has 0 aliphatic heterocycles. The minimum Gasteiger partial charge on any atom is -0.493 e. The van der Waals surface area contributed by atoms with Gasteiger partial charge < -0.3 is 24.8 Å². The first-order valence-corrected chi connectivity index (χ1v) is 8.81. The summed E-state index contributed by atoms with van der Waals surface area (Å²) in [4.78, 5) is 19.9. The van der Waals surface area contributed by atoms with Gasteiger partial charge in [-0.1, -0.05) is 0 Å². The van der Waals surface area contributed by atoms with Crippen molar-refractivity contribution in [2.45, 2.75) is 6.92 Å². The molecule has 0 saturated carbocycles. The normalized spacial score (nSPS) is 10.2. The highest BCUT2D eigenvalue weighted by Gasteiger charge is 2.13. The predicted molar refractivity (Wildman–Crippen MR) is 111 cm³/mol. The molecule has 0 aliphatic rings. The van der Waals surface area contributed by atoms with Crippen molar-refractivity contribution < 1.29 is 19.0 Å². The molecular weight excluding hydrogens is 372 g/mol. The third-order valence-corrected chi connectivity index (χ3v) is 4.17. The van der Waals surface area contributed by atoms with Crippen LogP contribution in [0.15, 0.2) is 48.8 Å². The molecule has 0 atom stereocenters. The van der Waals surface area contributed by atoms with Crippen LogP contribution in [0, 0.1) is 0 Å². The Balaban J connectivity index is 1.80. The summed E-state index contributed by atoms with van der Waals surface area (Å²) in [5.41, 5.74) is 2.19. The number of methoxy groups -OCH3 is 3. The molecule has 1 heterocycles. The molecule has 0 fully saturated rings. The molecule has 0 bridgehead atoms. The van der Waals surface area contributed by atoms with Gasteiger partial charge in [0.05, 0.1) is 21.3 Å². The van der Waals surface area contributed by atoms with Gasteiger partial charge in [-0.15, -0.1) is 0 Å². The molecule has 0 spiro atoms. The summed E-state index contributed by atoms with van der Waals surface area (Å²) < 4.78 is 16.1. The van der Waals surface area contributed by atoms with E-state index in [0.717, 1.165) is 11.4 Å². The van der Waals surface area contributed by atoms with Gasteiger partial charge >= 0.3 is 0 Å². The second-order valence-electron chi connectivity index (χ2n) is 6.09. The summed E-state index contributed by atoms with van der Waals surface area (Å²) in [5, 5.41) is 6.39. The monoisotopic (exact) mass is 394 g/mol. The SMILES string of the molecule is COc1cc(Nc2cc(Nc3ccc(C(C)=O)cc3)ncn2)cc(OC)c1OC. The van der Waals surface area contributed by atoms with Gasteiger partial charge in [-0.05, 0) is 31.2 Å². The van der Waals surface area contributed by atoms with Crippen LogP contribution in [-0.4, -0.2) is 37.1 Å². The fraction of sp³-hybridized carbons (Fsp3) is 0.190. The van der Waals surface area contributed by atoms with Crippen LogP contribution in [0.2, 0.25) is 0 Å². The van der Waals surface area contributed by atoms with Crippen LogP contribution >= 0.6 is 0 Å². The third-order valence-electron chi connectivity index (χ3n) is 4.17. The lowest BCUT2D eigenvalue weighted by Crippen LogP contribution is -2.01. The van der Waals surface area contributed by atoms with Gasteiger partial charge in [0.25, 0.3) is 0 Å². The first kappa shape index (κ1) is 19.9. The number of hydrogen-bond acceptors (Lipinski definition) is 8. The average Bonchev–Trinajstić information content (AvgIpc) is 2.73. The Morgan fingerprint density at radius 2 is 1.34 bits per heavy atom. The molecule has 1 aromatic heterocycles. The van der Waals surface area contributed by atoms with Crippen molar-refractivity contribution in [1.82, 2.24) is 9.97 Å². The molecule has 3 rings (SSSR count). The summed E-state index contributed by atoms with van der Waals surface area (Å²) in [6, 6.07) is 12.5. The zero-order chi connectivity index (χ0) is 20.8. The lowest BCUT2D eigenvalue weighted by atomic mass is 10.1. The fourth-order valence-corrected chi connectivity index (χ4v) is 2.73. The van der Waals surface area contributed by atoms with Crippen LogP contribution in [0.3, 0.4) is 0 Å². The number of anilines is 4. The number of hydrogen-bond donors (Lipinski definition) is 2. The van der Waals surface area contributed by atoms with Crippen molar-refractivity contribution in [3.63, 3.8) is 0 Å². The second-order valence-corrected chi connectivity index (χ2v) is 6.09. The Morgan fingerprint density at radius 3 is 1.83 bits per heavy atom. The van der Waals surface area contributed by atoms with Gasteiger partial charge in [-0.3, -0.25) is 4.79 Å². The molecule has 29 heavy (non-hydrogen) atoms. The summed E-state index contributed by atoms with van der Waals surface area (Å²) in [6.07, 6.45) is 1.45. The minimum atomic E-state index is 0.0235. The Labute approximate surface area is 168 Å². The Bertz CT molecular complexity index is 981. The molecule has 2 aromatic carbocycles. The molecule has 0 saturated heterocycles. The topological polar surface area (TPSA) is 94.6 Å². The number of benzene rings is 2. The van der Waals surface area contributed by atoms with Crippen LogP contribution in [0.5, 0.6) is 17.2 Å². The zero-order valence-corrected chi connectivity index (χ0v) is 16.6. The summed E-state index contributed by atoms with van der Waals surface area (Å²) in [5.74, 6) is 2.79. The first-order chi connectivity index (χ1) is 14.0. The van der Waals surface area contributed by atoms with Crippen LogP contribution in [-0.2, 0) is 0 Å². The molecule has 0 unspecified atom stereocenters. The number of ketones is 1. The van der Waals surface area contributed by atoms with Gasteiger partial charge in [0.15, 0.2) is 17.3 Å². The van der Waals surface area contributed by atoms with E-state index < -0.39 is 0 Å². The van der Waals surface area contributed by atoms with Gasteiger partial charge in [0, 0.05) is 35.1 Å². The number of rotatable bonds is 8. The van der Waals surface area contributed by atoms with E-state index >= 15 is 0 Å². The lowest BCUT2D eigenvalue weighted by molar-refractivity contribution is 0.101. The standard InChI is InChI=1S/C21H22N4O4/c1-13(26)14-5-7-15(8-6-14)24-19-11-20(23-12-22-19)25-16-9-17(27-2)21(29-4)18(10-16)28-3/h5-12H,1-4H3,(H2,22,23,24,25). The van der Waals surface area contributed by atoms with E-state index in [2.05, 4.69) is 20.6 Å². The number of carbonyl (C=O) groups excluding carboxylic acids is 1. The lowest BCUT2D eigenvalue weighted by Gasteiger charge is -2.15.